The van der Waals surface area contributed by atoms with E-state index in [1.54, 1.807) is 12.3 Å². The van der Waals surface area contributed by atoms with Crippen molar-refractivity contribution in [2.75, 3.05) is 11.4 Å². The Hall–Kier alpha value is -2.16. The van der Waals surface area contributed by atoms with Crippen LogP contribution in [0.1, 0.15) is 22.8 Å². The molecule has 3 nitrogen and oxygen atoms in total. The fraction of sp³-hybridized carbons (Fsp3) is 0.200. The van der Waals surface area contributed by atoms with Crippen LogP contribution in [0.2, 0.25) is 0 Å². The molecule has 1 heterocycles. The lowest BCUT2D eigenvalue weighted by atomic mass is 10.2. The van der Waals surface area contributed by atoms with Crippen molar-refractivity contribution < 1.29 is 4.79 Å². The van der Waals surface area contributed by atoms with E-state index in [0.29, 0.717) is 5.56 Å². The van der Waals surface area contributed by atoms with E-state index in [9.17, 15) is 4.79 Å². The number of hydrogen-bond acceptors (Lipinski definition) is 3. The van der Waals surface area contributed by atoms with Gasteiger partial charge in [0.1, 0.15) is 5.82 Å². The number of hydrogen-bond donors (Lipinski definition) is 0. The highest BCUT2D eigenvalue weighted by Gasteiger charge is 2.07. The summed E-state index contributed by atoms with van der Waals surface area (Å²) in [6.45, 7) is 4.98. The second-order valence-electron chi connectivity index (χ2n) is 4.15. The number of aryl methyl sites for hydroxylation is 1. The van der Waals surface area contributed by atoms with Gasteiger partial charge in [-0.3, -0.25) is 4.79 Å². The third-order valence-corrected chi connectivity index (χ3v) is 2.85. The molecule has 0 saturated heterocycles. The van der Waals surface area contributed by atoms with Gasteiger partial charge in [-0.2, -0.15) is 0 Å². The number of nitrogens with zero attached hydrogens (tertiary/aromatic N) is 2. The van der Waals surface area contributed by atoms with Crippen molar-refractivity contribution in [2.45, 2.75) is 13.8 Å². The highest BCUT2D eigenvalue weighted by Crippen LogP contribution is 2.23. The van der Waals surface area contributed by atoms with Crippen LogP contribution in [0.25, 0.3) is 0 Å². The molecule has 0 amide bonds. The first-order valence-corrected chi connectivity index (χ1v) is 6.00. The SMILES string of the molecule is CCN(c1ccc(C)cc1)c1ccc(C=O)cn1. The van der Waals surface area contributed by atoms with Gasteiger partial charge in [0.2, 0.25) is 0 Å². The predicted molar refractivity (Wildman–Crippen MR) is 73.5 cm³/mol. The Labute approximate surface area is 107 Å². The van der Waals surface area contributed by atoms with E-state index in [-0.39, 0.29) is 0 Å². The maximum absolute atomic E-state index is 10.6. The Morgan fingerprint density at radius 3 is 2.39 bits per heavy atom. The second-order valence-corrected chi connectivity index (χ2v) is 4.15. The Balaban J connectivity index is 2.32. The zero-order valence-electron chi connectivity index (χ0n) is 10.6. The van der Waals surface area contributed by atoms with Crippen LogP contribution in [0, 0.1) is 6.92 Å². The Kier molecular flexibility index (Phi) is 3.72. The summed E-state index contributed by atoms with van der Waals surface area (Å²) in [4.78, 5) is 17.0. The van der Waals surface area contributed by atoms with E-state index in [1.165, 1.54) is 5.56 Å². The summed E-state index contributed by atoms with van der Waals surface area (Å²) in [5.41, 5.74) is 2.94. The molecule has 0 radical (unpaired) electrons. The normalized spacial score (nSPS) is 10.1. The molecule has 0 unspecified atom stereocenters. The highest BCUT2D eigenvalue weighted by molar-refractivity contribution is 5.75. The standard InChI is InChI=1S/C15H16N2O/c1-3-17(14-7-4-12(2)5-8-14)15-9-6-13(11-18)10-16-15/h4-11H,3H2,1-2H3. The maximum Gasteiger partial charge on any atom is 0.151 e. The Morgan fingerprint density at radius 2 is 1.89 bits per heavy atom. The number of benzene rings is 1. The molecule has 0 saturated carbocycles. The zero-order chi connectivity index (χ0) is 13.0. The summed E-state index contributed by atoms with van der Waals surface area (Å²) >= 11 is 0. The molecule has 0 aliphatic carbocycles. The van der Waals surface area contributed by atoms with Gasteiger partial charge in [-0.1, -0.05) is 17.7 Å². The van der Waals surface area contributed by atoms with Gasteiger partial charge >= 0.3 is 0 Å². The first-order valence-electron chi connectivity index (χ1n) is 6.00. The van der Waals surface area contributed by atoms with Crippen molar-refractivity contribution in [2.24, 2.45) is 0 Å². The van der Waals surface area contributed by atoms with E-state index in [1.807, 2.05) is 6.07 Å². The third kappa shape index (κ3) is 2.56. The van der Waals surface area contributed by atoms with Crippen molar-refractivity contribution in [3.05, 3.63) is 53.7 Å². The van der Waals surface area contributed by atoms with Crippen molar-refractivity contribution in [3.63, 3.8) is 0 Å². The molecule has 0 aliphatic heterocycles. The van der Waals surface area contributed by atoms with Crippen LogP contribution >= 0.6 is 0 Å². The summed E-state index contributed by atoms with van der Waals surface area (Å²) < 4.78 is 0. The number of rotatable bonds is 4. The van der Waals surface area contributed by atoms with Crippen molar-refractivity contribution in [3.8, 4) is 0 Å². The number of aromatic nitrogens is 1. The maximum atomic E-state index is 10.6. The van der Waals surface area contributed by atoms with Gasteiger partial charge in [0.15, 0.2) is 6.29 Å². The minimum absolute atomic E-state index is 0.596. The number of carbonyl (C=O) groups excluding carboxylic acids is 1. The number of anilines is 2. The summed E-state index contributed by atoms with van der Waals surface area (Å²) in [7, 11) is 0. The van der Waals surface area contributed by atoms with Crippen molar-refractivity contribution in [1.82, 2.24) is 4.98 Å². The quantitative estimate of drug-likeness (QED) is 0.768. The summed E-state index contributed by atoms with van der Waals surface area (Å²) in [6, 6.07) is 12.0. The monoisotopic (exact) mass is 240 g/mol. The van der Waals surface area contributed by atoms with Crippen molar-refractivity contribution >= 4 is 17.8 Å². The minimum atomic E-state index is 0.596. The van der Waals surface area contributed by atoms with Crippen LogP contribution < -0.4 is 4.90 Å². The van der Waals surface area contributed by atoms with Gasteiger partial charge < -0.3 is 4.90 Å². The molecule has 2 rings (SSSR count). The predicted octanol–water partition coefficient (Wildman–Crippen LogP) is 3.36. The van der Waals surface area contributed by atoms with E-state index in [0.717, 1.165) is 24.3 Å². The summed E-state index contributed by atoms with van der Waals surface area (Å²) in [6.07, 6.45) is 2.40. The topological polar surface area (TPSA) is 33.2 Å². The van der Waals surface area contributed by atoms with Gasteiger partial charge in [-0.05, 0) is 38.1 Å². The molecule has 0 spiro atoms. The lowest BCUT2D eigenvalue weighted by Gasteiger charge is -2.22. The lowest BCUT2D eigenvalue weighted by molar-refractivity contribution is 0.112. The molecule has 0 N–H and O–H groups in total. The van der Waals surface area contributed by atoms with E-state index in [4.69, 9.17) is 0 Å². The lowest BCUT2D eigenvalue weighted by Crippen LogP contribution is -2.17. The van der Waals surface area contributed by atoms with E-state index in [2.05, 4.69) is 48.0 Å². The van der Waals surface area contributed by atoms with Gasteiger partial charge in [0.25, 0.3) is 0 Å². The van der Waals surface area contributed by atoms with E-state index >= 15 is 0 Å². The summed E-state index contributed by atoms with van der Waals surface area (Å²) in [5.74, 6) is 0.854. The van der Waals surface area contributed by atoms with Crippen LogP contribution in [0.3, 0.4) is 0 Å². The fourth-order valence-electron chi connectivity index (χ4n) is 1.83. The first kappa shape index (κ1) is 12.3. The Bertz CT molecular complexity index is 517. The Morgan fingerprint density at radius 1 is 1.17 bits per heavy atom. The molecule has 0 bridgehead atoms. The zero-order valence-corrected chi connectivity index (χ0v) is 10.6. The third-order valence-electron chi connectivity index (χ3n) is 2.85. The molecule has 1 aromatic carbocycles. The first-order chi connectivity index (χ1) is 8.74. The van der Waals surface area contributed by atoms with Crippen LogP contribution in [0.5, 0.6) is 0 Å². The molecular weight excluding hydrogens is 224 g/mol. The van der Waals surface area contributed by atoms with Crippen LogP contribution in [-0.2, 0) is 0 Å². The average Bonchev–Trinajstić information content (AvgIpc) is 2.42. The molecule has 2 aromatic rings. The van der Waals surface area contributed by atoms with Crippen molar-refractivity contribution in [1.29, 1.82) is 0 Å². The minimum Gasteiger partial charge on any atom is -0.327 e. The van der Waals surface area contributed by atoms with Crippen LogP contribution in [-0.4, -0.2) is 17.8 Å². The van der Waals surface area contributed by atoms with Crippen LogP contribution in [0.15, 0.2) is 42.6 Å². The largest absolute Gasteiger partial charge is 0.327 e. The van der Waals surface area contributed by atoms with Crippen LogP contribution in [0.4, 0.5) is 11.5 Å². The number of pyridine rings is 1. The molecule has 0 fully saturated rings. The molecule has 92 valence electrons. The van der Waals surface area contributed by atoms with Gasteiger partial charge in [0, 0.05) is 24.0 Å². The molecule has 1 aromatic heterocycles. The van der Waals surface area contributed by atoms with Gasteiger partial charge in [-0.25, -0.2) is 4.98 Å². The highest BCUT2D eigenvalue weighted by atomic mass is 16.1. The van der Waals surface area contributed by atoms with Gasteiger partial charge in [-0.15, -0.1) is 0 Å². The molecule has 0 atom stereocenters. The number of carbonyl (C=O) groups is 1. The average molecular weight is 240 g/mol. The van der Waals surface area contributed by atoms with Gasteiger partial charge in [0.05, 0.1) is 0 Å². The molecule has 18 heavy (non-hydrogen) atoms. The number of aldehydes is 1. The second kappa shape index (κ2) is 5.45. The molecule has 0 aliphatic rings. The fourth-order valence-corrected chi connectivity index (χ4v) is 1.83. The van der Waals surface area contributed by atoms with E-state index < -0.39 is 0 Å². The summed E-state index contributed by atoms with van der Waals surface area (Å²) in [5, 5.41) is 0. The molecular formula is C15H16N2O. The smallest absolute Gasteiger partial charge is 0.151 e. The molecule has 3 heteroatoms.